The van der Waals surface area contributed by atoms with Crippen molar-refractivity contribution in [3.05, 3.63) is 85.2 Å². The van der Waals surface area contributed by atoms with Gasteiger partial charge in [-0.1, -0.05) is 60.7 Å². The van der Waals surface area contributed by atoms with Crippen molar-refractivity contribution in [2.45, 2.75) is 13.0 Å². The van der Waals surface area contributed by atoms with Crippen LogP contribution >= 0.6 is 0 Å². The van der Waals surface area contributed by atoms with Crippen molar-refractivity contribution in [3.8, 4) is 17.1 Å². The van der Waals surface area contributed by atoms with E-state index in [1.165, 1.54) is 0 Å². The van der Waals surface area contributed by atoms with E-state index in [-0.39, 0.29) is 12.5 Å². The molecule has 1 heterocycles. The van der Waals surface area contributed by atoms with E-state index >= 15 is 0 Å². The molecule has 5 nitrogen and oxygen atoms in total. The minimum atomic E-state index is -0.118. The molecule has 0 atom stereocenters. The number of nitrogens with zero attached hydrogens (tertiary/aromatic N) is 2. The van der Waals surface area contributed by atoms with E-state index in [2.05, 4.69) is 20.9 Å². The number of rotatable bonds is 8. The molecule has 0 saturated heterocycles. The Labute approximate surface area is 170 Å². The van der Waals surface area contributed by atoms with Crippen molar-refractivity contribution in [3.63, 3.8) is 0 Å². The van der Waals surface area contributed by atoms with Gasteiger partial charge < -0.3 is 14.6 Å². The van der Waals surface area contributed by atoms with Crippen LogP contribution in [-0.2, 0) is 11.3 Å². The van der Waals surface area contributed by atoms with Gasteiger partial charge in [0.25, 0.3) is 5.91 Å². The van der Waals surface area contributed by atoms with Gasteiger partial charge in [0, 0.05) is 31.0 Å². The van der Waals surface area contributed by atoms with Crippen molar-refractivity contribution in [2.75, 3.05) is 13.2 Å². The van der Waals surface area contributed by atoms with Gasteiger partial charge in [0.05, 0.1) is 0 Å². The smallest absolute Gasteiger partial charge is 0.257 e. The lowest BCUT2D eigenvalue weighted by atomic mass is 10.1. The van der Waals surface area contributed by atoms with Crippen LogP contribution in [0.4, 0.5) is 0 Å². The summed E-state index contributed by atoms with van der Waals surface area (Å²) in [7, 11) is 0. The molecule has 1 N–H and O–H groups in total. The van der Waals surface area contributed by atoms with Crippen molar-refractivity contribution in [1.82, 2.24) is 14.9 Å². The van der Waals surface area contributed by atoms with Gasteiger partial charge in [0.1, 0.15) is 11.6 Å². The number of hydrogen-bond acceptors (Lipinski definition) is 3. The number of carbonyl (C=O) groups excluding carboxylic acids is 1. The summed E-state index contributed by atoms with van der Waals surface area (Å²) < 4.78 is 7.73. The van der Waals surface area contributed by atoms with Crippen LogP contribution in [0.3, 0.4) is 0 Å². The summed E-state index contributed by atoms with van der Waals surface area (Å²) in [6.07, 6.45) is 4.59. The molecule has 0 unspecified atom stereocenters. The number of carbonyl (C=O) groups is 1. The molecule has 4 aromatic rings. The molecular weight excluding hydrogens is 362 g/mol. The molecule has 0 fully saturated rings. The quantitative estimate of drug-likeness (QED) is 0.461. The zero-order chi connectivity index (χ0) is 19.9. The minimum Gasteiger partial charge on any atom is -0.484 e. The number of aromatic nitrogens is 2. The molecule has 3 aromatic carbocycles. The predicted molar refractivity (Wildman–Crippen MR) is 115 cm³/mol. The number of aryl methyl sites for hydroxylation is 1. The van der Waals surface area contributed by atoms with Crippen LogP contribution in [0.2, 0.25) is 0 Å². The lowest BCUT2D eigenvalue weighted by Crippen LogP contribution is -2.30. The Morgan fingerprint density at radius 2 is 1.76 bits per heavy atom. The fraction of sp³-hybridized carbons (Fsp3) is 0.167. The molecule has 4 rings (SSSR count). The topological polar surface area (TPSA) is 56.1 Å². The van der Waals surface area contributed by atoms with Crippen molar-refractivity contribution in [2.24, 2.45) is 0 Å². The predicted octanol–water partition coefficient (Wildman–Crippen LogP) is 4.29. The number of benzene rings is 3. The van der Waals surface area contributed by atoms with Gasteiger partial charge in [0.2, 0.25) is 0 Å². The first-order valence-electron chi connectivity index (χ1n) is 9.74. The number of imidazole rings is 1. The van der Waals surface area contributed by atoms with Crippen LogP contribution in [0, 0.1) is 0 Å². The van der Waals surface area contributed by atoms with Crippen molar-refractivity contribution >= 4 is 16.7 Å². The normalized spacial score (nSPS) is 10.8. The van der Waals surface area contributed by atoms with Crippen LogP contribution in [0.1, 0.15) is 6.42 Å². The van der Waals surface area contributed by atoms with Crippen LogP contribution < -0.4 is 10.1 Å². The second kappa shape index (κ2) is 9.06. The van der Waals surface area contributed by atoms with Crippen LogP contribution in [0.5, 0.6) is 5.75 Å². The maximum atomic E-state index is 12.1. The van der Waals surface area contributed by atoms with E-state index in [1.807, 2.05) is 72.9 Å². The highest BCUT2D eigenvalue weighted by Gasteiger charge is 2.06. The average molecular weight is 385 g/mol. The van der Waals surface area contributed by atoms with Gasteiger partial charge in [0.15, 0.2) is 6.61 Å². The summed E-state index contributed by atoms with van der Waals surface area (Å²) in [6.45, 7) is 1.39. The fourth-order valence-corrected chi connectivity index (χ4v) is 3.27. The van der Waals surface area contributed by atoms with E-state index in [1.54, 1.807) is 6.20 Å². The lowest BCUT2D eigenvalue weighted by Gasteiger charge is -2.10. The molecule has 1 aromatic heterocycles. The number of fused-ring (bicyclic) bond motifs is 1. The molecule has 0 radical (unpaired) electrons. The third-order valence-corrected chi connectivity index (χ3v) is 4.74. The summed E-state index contributed by atoms with van der Waals surface area (Å²) >= 11 is 0. The zero-order valence-corrected chi connectivity index (χ0v) is 16.1. The first-order valence-corrected chi connectivity index (χ1v) is 9.74. The summed E-state index contributed by atoms with van der Waals surface area (Å²) in [5, 5.41) is 5.16. The fourth-order valence-electron chi connectivity index (χ4n) is 3.27. The van der Waals surface area contributed by atoms with Gasteiger partial charge in [-0.3, -0.25) is 4.79 Å². The van der Waals surface area contributed by atoms with E-state index in [0.717, 1.165) is 35.1 Å². The number of ether oxygens (including phenoxy) is 1. The zero-order valence-electron chi connectivity index (χ0n) is 16.1. The van der Waals surface area contributed by atoms with E-state index in [9.17, 15) is 4.79 Å². The molecule has 29 heavy (non-hydrogen) atoms. The maximum Gasteiger partial charge on any atom is 0.257 e. The van der Waals surface area contributed by atoms with Gasteiger partial charge in [-0.25, -0.2) is 4.98 Å². The number of nitrogens with one attached hydrogen (secondary N) is 1. The monoisotopic (exact) mass is 385 g/mol. The lowest BCUT2D eigenvalue weighted by molar-refractivity contribution is -0.123. The molecule has 146 valence electrons. The first kappa shape index (κ1) is 18.7. The van der Waals surface area contributed by atoms with Gasteiger partial charge in [-0.05, 0) is 29.3 Å². The molecule has 0 aliphatic carbocycles. The molecule has 0 bridgehead atoms. The Hall–Kier alpha value is -3.60. The Balaban J connectivity index is 1.22. The van der Waals surface area contributed by atoms with E-state index in [0.29, 0.717) is 12.3 Å². The highest BCUT2D eigenvalue weighted by atomic mass is 16.5. The van der Waals surface area contributed by atoms with Crippen LogP contribution in [0.15, 0.2) is 85.2 Å². The average Bonchev–Trinajstić information content (AvgIpc) is 3.24. The summed E-state index contributed by atoms with van der Waals surface area (Å²) in [4.78, 5) is 16.5. The van der Waals surface area contributed by atoms with Crippen molar-refractivity contribution in [1.29, 1.82) is 0 Å². The second-order valence-corrected chi connectivity index (χ2v) is 6.81. The molecular formula is C24H23N3O2. The highest BCUT2D eigenvalue weighted by Crippen LogP contribution is 2.20. The number of hydrogen-bond donors (Lipinski definition) is 1. The van der Waals surface area contributed by atoms with E-state index in [4.69, 9.17) is 4.74 Å². The molecule has 0 saturated carbocycles. The molecule has 0 aliphatic heterocycles. The van der Waals surface area contributed by atoms with Gasteiger partial charge >= 0.3 is 0 Å². The Morgan fingerprint density at radius 3 is 2.62 bits per heavy atom. The standard InChI is InChI=1S/C24H23N3O2/c28-23(18-29-22-12-11-19-7-4-5-10-21(19)17-22)25-13-6-15-27-16-14-26-24(27)20-8-2-1-3-9-20/h1-5,7-12,14,16-17H,6,13,15,18H2,(H,25,28). The first-order chi connectivity index (χ1) is 14.3. The Bertz CT molecular complexity index is 1090. The maximum absolute atomic E-state index is 12.1. The molecule has 0 spiro atoms. The summed E-state index contributed by atoms with van der Waals surface area (Å²) in [5.41, 5.74) is 1.09. The Morgan fingerprint density at radius 1 is 0.966 bits per heavy atom. The Kier molecular flexibility index (Phi) is 5.86. The van der Waals surface area contributed by atoms with Gasteiger partial charge in [-0.2, -0.15) is 0 Å². The summed E-state index contributed by atoms with van der Waals surface area (Å²) in [5.74, 6) is 1.52. The minimum absolute atomic E-state index is 0.0126. The van der Waals surface area contributed by atoms with E-state index < -0.39 is 0 Å². The molecule has 0 aliphatic rings. The third kappa shape index (κ3) is 4.82. The van der Waals surface area contributed by atoms with Crippen molar-refractivity contribution < 1.29 is 9.53 Å². The van der Waals surface area contributed by atoms with Gasteiger partial charge in [-0.15, -0.1) is 0 Å². The third-order valence-electron chi connectivity index (χ3n) is 4.74. The molecule has 5 heteroatoms. The highest BCUT2D eigenvalue weighted by molar-refractivity contribution is 5.84. The largest absolute Gasteiger partial charge is 0.484 e. The second-order valence-electron chi connectivity index (χ2n) is 6.81. The summed E-state index contributed by atoms with van der Waals surface area (Å²) in [6, 6.07) is 24.0. The molecule has 1 amide bonds. The SMILES string of the molecule is O=C(COc1ccc2ccccc2c1)NCCCn1ccnc1-c1ccccc1. The van der Waals surface area contributed by atoms with Crippen LogP contribution in [0.25, 0.3) is 22.2 Å². The van der Waals surface area contributed by atoms with Crippen LogP contribution in [-0.4, -0.2) is 28.6 Å². The number of amides is 1.